The Hall–Kier alpha value is -2.80. The molecule has 1 N–H and O–H groups in total. The number of thioether (sulfide) groups is 1. The number of rotatable bonds is 7. The second kappa shape index (κ2) is 8.53. The van der Waals surface area contributed by atoms with Crippen LogP contribution in [0.2, 0.25) is 0 Å². The van der Waals surface area contributed by atoms with E-state index in [9.17, 15) is 4.79 Å². The summed E-state index contributed by atoms with van der Waals surface area (Å²) in [7, 11) is 1.64. The van der Waals surface area contributed by atoms with Crippen LogP contribution in [0.5, 0.6) is 5.75 Å². The van der Waals surface area contributed by atoms with Gasteiger partial charge in [-0.2, -0.15) is 0 Å². The van der Waals surface area contributed by atoms with E-state index in [-0.39, 0.29) is 17.7 Å². The molecule has 1 atom stereocenters. The van der Waals surface area contributed by atoms with Crippen LogP contribution in [0, 0.1) is 0 Å². The Bertz CT molecular complexity index is 849. The number of carbonyl (C=O) groups is 1. The van der Waals surface area contributed by atoms with E-state index in [1.165, 1.54) is 11.8 Å². The zero-order valence-corrected chi connectivity index (χ0v) is 15.4. The molecule has 2 heterocycles. The number of amides is 1. The number of pyridine rings is 1. The number of hydrogen-bond donors (Lipinski definition) is 1. The summed E-state index contributed by atoms with van der Waals surface area (Å²) >= 11 is 1.40. The summed E-state index contributed by atoms with van der Waals surface area (Å²) in [4.78, 5) is 20.7. The lowest BCUT2D eigenvalue weighted by Gasteiger charge is -2.14. The first-order valence-electron chi connectivity index (χ1n) is 8.17. The molecular weight excluding hydrogens is 348 g/mol. The monoisotopic (exact) mass is 368 g/mol. The van der Waals surface area contributed by atoms with Gasteiger partial charge in [-0.15, -0.1) is 0 Å². The van der Waals surface area contributed by atoms with Gasteiger partial charge in [0.1, 0.15) is 5.75 Å². The zero-order chi connectivity index (χ0) is 18.4. The van der Waals surface area contributed by atoms with Crippen LogP contribution >= 0.6 is 11.8 Å². The summed E-state index contributed by atoms with van der Waals surface area (Å²) in [5, 5.41) is 3.74. The molecule has 6 nitrogen and oxygen atoms in total. The van der Waals surface area contributed by atoms with Gasteiger partial charge in [0.2, 0.25) is 5.91 Å². The highest BCUT2D eigenvalue weighted by atomic mass is 32.2. The van der Waals surface area contributed by atoms with Gasteiger partial charge in [-0.3, -0.25) is 14.3 Å². The first kappa shape index (κ1) is 18.0. The van der Waals surface area contributed by atoms with Crippen LogP contribution in [0.25, 0.3) is 5.69 Å². The fourth-order valence-corrected chi connectivity index (χ4v) is 3.25. The van der Waals surface area contributed by atoms with Crippen LogP contribution in [0.4, 0.5) is 0 Å². The normalized spacial score (nSPS) is 11.8. The van der Waals surface area contributed by atoms with E-state index in [0.29, 0.717) is 0 Å². The molecule has 1 unspecified atom stereocenters. The summed E-state index contributed by atoms with van der Waals surface area (Å²) in [6.07, 6.45) is 7.07. The van der Waals surface area contributed by atoms with Gasteiger partial charge in [0.05, 0.1) is 18.9 Å². The van der Waals surface area contributed by atoms with E-state index < -0.39 is 0 Å². The minimum Gasteiger partial charge on any atom is -0.497 e. The smallest absolute Gasteiger partial charge is 0.230 e. The van der Waals surface area contributed by atoms with Crippen molar-refractivity contribution in [2.24, 2.45) is 0 Å². The molecule has 0 aliphatic carbocycles. The number of carbonyl (C=O) groups excluding carboxylic acids is 1. The van der Waals surface area contributed by atoms with Crippen molar-refractivity contribution in [2.75, 3.05) is 12.9 Å². The van der Waals surface area contributed by atoms with Crippen molar-refractivity contribution in [3.63, 3.8) is 0 Å². The third-order valence-corrected chi connectivity index (χ3v) is 4.82. The predicted molar refractivity (Wildman–Crippen MR) is 102 cm³/mol. The van der Waals surface area contributed by atoms with Crippen molar-refractivity contribution >= 4 is 17.7 Å². The minimum absolute atomic E-state index is 0.0457. The van der Waals surface area contributed by atoms with E-state index in [0.717, 1.165) is 22.2 Å². The summed E-state index contributed by atoms with van der Waals surface area (Å²) in [6, 6.07) is 11.4. The van der Waals surface area contributed by atoms with Crippen molar-refractivity contribution in [1.82, 2.24) is 19.9 Å². The Labute approximate surface area is 156 Å². The maximum atomic E-state index is 12.2. The van der Waals surface area contributed by atoms with Gasteiger partial charge in [-0.05, 0) is 42.8 Å². The van der Waals surface area contributed by atoms with E-state index in [1.807, 2.05) is 54.1 Å². The highest BCUT2D eigenvalue weighted by molar-refractivity contribution is 7.99. The van der Waals surface area contributed by atoms with Crippen LogP contribution < -0.4 is 10.1 Å². The largest absolute Gasteiger partial charge is 0.497 e. The number of imidazole rings is 1. The molecule has 26 heavy (non-hydrogen) atoms. The van der Waals surface area contributed by atoms with Crippen LogP contribution in [0.1, 0.15) is 18.5 Å². The van der Waals surface area contributed by atoms with Gasteiger partial charge in [0.25, 0.3) is 0 Å². The minimum atomic E-state index is -0.0851. The summed E-state index contributed by atoms with van der Waals surface area (Å²) in [5.74, 6) is 1.04. The van der Waals surface area contributed by atoms with Gasteiger partial charge in [-0.1, -0.05) is 17.8 Å². The first-order chi connectivity index (χ1) is 12.7. The number of nitrogens with one attached hydrogen (secondary N) is 1. The Kier molecular flexibility index (Phi) is 5.91. The van der Waals surface area contributed by atoms with Crippen LogP contribution in [-0.2, 0) is 4.79 Å². The molecule has 0 saturated heterocycles. The molecule has 3 rings (SSSR count). The Morgan fingerprint density at radius 2 is 2.08 bits per heavy atom. The first-order valence-corrected chi connectivity index (χ1v) is 9.16. The number of hydrogen-bond acceptors (Lipinski definition) is 5. The van der Waals surface area contributed by atoms with Crippen LogP contribution in [0.15, 0.2) is 66.3 Å². The average molecular weight is 368 g/mol. The second-order valence-corrected chi connectivity index (χ2v) is 6.58. The molecule has 0 aliphatic heterocycles. The Balaban J connectivity index is 1.60. The molecule has 0 spiro atoms. The van der Waals surface area contributed by atoms with Crippen molar-refractivity contribution in [2.45, 2.75) is 18.1 Å². The maximum absolute atomic E-state index is 12.2. The van der Waals surface area contributed by atoms with E-state index in [1.54, 1.807) is 25.7 Å². The number of methoxy groups -OCH3 is 1. The van der Waals surface area contributed by atoms with Crippen molar-refractivity contribution < 1.29 is 9.53 Å². The fraction of sp³-hybridized carbons (Fsp3) is 0.211. The molecule has 7 heteroatoms. The van der Waals surface area contributed by atoms with Crippen molar-refractivity contribution in [3.8, 4) is 11.4 Å². The SMILES string of the molecule is COc1ccc(-n2ccnc2SCC(=O)NC(C)c2cccnc2)cc1. The average Bonchev–Trinajstić information content (AvgIpc) is 3.15. The number of ether oxygens (including phenoxy) is 1. The van der Waals surface area contributed by atoms with Gasteiger partial charge in [-0.25, -0.2) is 4.98 Å². The highest BCUT2D eigenvalue weighted by Crippen LogP contribution is 2.22. The number of aromatic nitrogens is 3. The van der Waals surface area contributed by atoms with E-state index >= 15 is 0 Å². The molecule has 134 valence electrons. The summed E-state index contributed by atoms with van der Waals surface area (Å²) in [5.41, 5.74) is 1.94. The molecular formula is C19H20N4O2S. The summed E-state index contributed by atoms with van der Waals surface area (Å²) < 4.78 is 7.13. The third-order valence-electron chi connectivity index (χ3n) is 3.85. The molecule has 0 aliphatic rings. The number of nitrogens with zero attached hydrogens (tertiary/aromatic N) is 3. The van der Waals surface area contributed by atoms with Crippen LogP contribution in [0.3, 0.4) is 0 Å². The standard InChI is InChI=1S/C19H20N4O2S/c1-14(15-4-3-9-20-12-15)22-18(24)13-26-19-21-10-11-23(19)16-5-7-17(25-2)8-6-16/h3-12,14H,13H2,1-2H3,(H,22,24). The van der Waals surface area contributed by atoms with Crippen molar-refractivity contribution in [3.05, 3.63) is 66.7 Å². The molecule has 1 amide bonds. The second-order valence-electron chi connectivity index (χ2n) is 5.64. The lowest BCUT2D eigenvalue weighted by Crippen LogP contribution is -2.28. The van der Waals surface area contributed by atoms with Gasteiger partial charge in [0, 0.05) is 30.5 Å². The van der Waals surface area contributed by atoms with E-state index in [2.05, 4.69) is 15.3 Å². The summed E-state index contributed by atoms with van der Waals surface area (Å²) in [6.45, 7) is 1.94. The predicted octanol–water partition coefficient (Wildman–Crippen LogP) is 3.25. The fourth-order valence-electron chi connectivity index (χ4n) is 2.46. The molecule has 0 bridgehead atoms. The van der Waals surface area contributed by atoms with Crippen LogP contribution in [-0.4, -0.2) is 33.3 Å². The zero-order valence-electron chi connectivity index (χ0n) is 14.6. The van der Waals surface area contributed by atoms with Crippen molar-refractivity contribution in [1.29, 1.82) is 0 Å². The lowest BCUT2D eigenvalue weighted by atomic mass is 10.1. The Morgan fingerprint density at radius 1 is 1.27 bits per heavy atom. The highest BCUT2D eigenvalue weighted by Gasteiger charge is 2.12. The Morgan fingerprint density at radius 3 is 2.77 bits per heavy atom. The molecule has 0 fully saturated rings. The lowest BCUT2D eigenvalue weighted by molar-refractivity contribution is -0.119. The third kappa shape index (κ3) is 4.43. The molecule has 0 radical (unpaired) electrons. The molecule has 2 aromatic heterocycles. The molecule has 3 aromatic rings. The van der Waals surface area contributed by atoms with Gasteiger partial charge < -0.3 is 10.1 Å². The topological polar surface area (TPSA) is 69.0 Å². The molecule has 1 aromatic carbocycles. The quantitative estimate of drug-likeness (QED) is 0.649. The number of benzene rings is 1. The van der Waals surface area contributed by atoms with Gasteiger partial charge >= 0.3 is 0 Å². The van der Waals surface area contributed by atoms with Gasteiger partial charge in [0.15, 0.2) is 5.16 Å². The maximum Gasteiger partial charge on any atom is 0.230 e. The molecule has 0 saturated carbocycles. The van der Waals surface area contributed by atoms with E-state index in [4.69, 9.17) is 4.74 Å².